The molecule has 0 bridgehead atoms. The van der Waals surface area contributed by atoms with Crippen molar-refractivity contribution in [3.63, 3.8) is 0 Å². The maximum atomic E-state index is 4.78. The van der Waals surface area contributed by atoms with Crippen molar-refractivity contribution >= 4 is 0 Å². The first-order chi connectivity index (χ1) is 3.27. The Balaban J connectivity index is 0. The zero-order valence-electron chi connectivity index (χ0n) is 5.19. The maximum absolute atomic E-state index is 4.78. The lowest BCUT2D eigenvalue weighted by molar-refractivity contribution is 0.233. The van der Waals surface area contributed by atoms with Gasteiger partial charge in [0.15, 0.2) is 0 Å². The van der Waals surface area contributed by atoms with Gasteiger partial charge in [-0.25, -0.2) is 0 Å². The average Bonchev–Trinajstić information content (AvgIpc) is 1.61. The molecular weight excluding hydrogens is 100 g/mol. The van der Waals surface area contributed by atoms with Crippen molar-refractivity contribution in [1.82, 2.24) is 0 Å². The van der Waals surface area contributed by atoms with E-state index in [1.807, 2.05) is 6.08 Å². The molecule has 1 heteroatoms. The van der Waals surface area contributed by atoms with E-state index in [-0.39, 0.29) is 7.43 Å². The number of methoxy groups -OCH3 is 1. The van der Waals surface area contributed by atoms with Crippen LogP contribution in [0.2, 0.25) is 0 Å². The predicted octanol–water partition coefficient (Wildman–Crippen LogP) is 2.24. The number of hydrogen-bond donors (Lipinski definition) is 0. The fourth-order valence-electron chi connectivity index (χ4n) is 0.250. The van der Waals surface area contributed by atoms with Crippen molar-refractivity contribution in [2.75, 3.05) is 13.7 Å². The van der Waals surface area contributed by atoms with Gasteiger partial charge in [0.2, 0.25) is 0 Å². The largest absolute Gasteiger partial charge is 0.381 e. The molecule has 0 heterocycles. The summed E-state index contributed by atoms with van der Waals surface area (Å²) >= 11 is 0. The molecule has 0 saturated heterocycles. The van der Waals surface area contributed by atoms with Crippen molar-refractivity contribution in [1.29, 1.82) is 0 Å². The second-order valence-electron chi connectivity index (χ2n) is 1.74. The first-order valence-electron chi connectivity index (χ1n) is 2.39. The van der Waals surface area contributed by atoms with E-state index in [4.69, 9.17) is 4.74 Å². The summed E-state index contributed by atoms with van der Waals surface area (Å²) < 4.78 is 4.78. The fourth-order valence-corrected chi connectivity index (χ4v) is 0.250. The van der Waals surface area contributed by atoms with Crippen LogP contribution in [0.4, 0.5) is 0 Å². The first-order valence-corrected chi connectivity index (χ1v) is 2.39. The molecule has 0 radical (unpaired) electrons. The van der Waals surface area contributed by atoms with Crippen LogP contribution < -0.4 is 0 Å². The van der Waals surface area contributed by atoms with Crippen LogP contribution in [0.25, 0.3) is 0 Å². The van der Waals surface area contributed by atoms with Crippen LogP contribution in [0.15, 0.2) is 11.6 Å². The van der Waals surface area contributed by atoms with Gasteiger partial charge < -0.3 is 4.74 Å². The Hall–Kier alpha value is -0.300. The minimum atomic E-state index is 0. The molecule has 0 saturated carbocycles. The molecule has 0 spiro atoms. The molecule has 0 aliphatic heterocycles. The third-order valence-corrected chi connectivity index (χ3v) is 0.658. The van der Waals surface area contributed by atoms with Gasteiger partial charge in [0, 0.05) is 7.11 Å². The lowest BCUT2D eigenvalue weighted by Gasteiger charge is -1.87. The van der Waals surface area contributed by atoms with Crippen molar-refractivity contribution in [3.8, 4) is 0 Å². The lowest BCUT2D eigenvalue weighted by Crippen LogP contribution is -1.80. The van der Waals surface area contributed by atoms with E-state index >= 15 is 0 Å². The minimum absolute atomic E-state index is 0. The van der Waals surface area contributed by atoms with E-state index in [0.717, 1.165) is 6.61 Å². The van der Waals surface area contributed by atoms with E-state index in [1.54, 1.807) is 7.11 Å². The van der Waals surface area contributed by atoms with Gasteiger partial charge >= 0.3 is 0 Å². The molecule has 0 unspecified atom stereocenters. The number of allylic oxidation sites excluding steroid dienone is 1. The van der Waals surface area contributed by atoms with Gasteiger partial charge in [0.05, 0.1) is 6.61 Å². The van der Waals surface area contributed by atoms with Gasteiger partial charge in [-0.1, -0.05) is 19.1 Å². The Kier molecular flexibility index (Phi) is 8.91. The zero-order chi connectivity index (χ0) is 5.70. The molecule has 50 valence electrons. The van der Waals surface area contributed by atoms with Crippen LogP contribution in [0.1, 0.15) is 21.3 Å². The Morgan fingerprint density at radius 1 is 1.50 bits per heavy atom. The number of ether oxygens (including phenoxy) is 1. The number of hydrogen-bond acceptors (Lipinski definition) is 1. The van der Waals surface area contributed by atoms with Crippen molar-refractivity contribution < 1.29 is 4.74 Å². The minimum Gasteiger partial charge on any atom is -0.381 e. The van der Waals surface area contributed by atoms with Crippen LogP contribution in [0.3, 0.4) is 0 Å². The summed E-state index contributed by atoms with van der Waals surface area (Å²) in [6.45, 7) is 4.85. The van der Waals surface area contributed by atoms with E-state index < -0.39 is 0 Å². The van der Waals surface area contributed by atoms with E-state index in [9.17, 15) is 0 Å². The van der Waals surface area contributed by atoms with E-state index in [2.05, 4.69) is 13.8 Å². The Morgan fingerprint density at radius 2 is 2.00 bits per heavy atom. The lowest BCUT2D eigenvalue weighted by atomic mass is 10.3. The zero-order valence-corrected chi connectivity index (χ0v) is 5.19. The molecule has 8 heavy (non-hydrogen) atoms. The van der Waals surface area contributed by atoms with Crippen LogP contribution in [0.5, 0.6) is 0 Å². The molecule has 0 rings (SSSR count). The summed E-state index contributed by atoms with van der Waals surface area (Å²) in [5.41, 5.74) is 1.31. The SMILES string of the molecule is C.COCC=C(C)C. The van der Waals surface area contributed by atoms with Gasteiger partial charge in [0.25, 0.3) is 0 Å². The molecule has 0 aromatic carbocycles. The monoisotopic (exact) mass is 116 g/mol. The molecule has 0 aromatic heterocycles. The third kappa shape index (κ3) is 9.20. The average molecular weight is 116 g/mol. The highest BCUT2D eigenvalue weighted by atomic mass is 16.5. The quantitative estimate of drug-likeness (QED) is 0.503. The first kappa shape index (κ1) is 10.6. The summed E-state index contributed by atoms with van der Waals surface area (Å²) in [7, 11) is 1.69. The molecule has 0 amide bonds. The van der Waals surface area contributed by atoms with E-state index in [1.165, 1.54) is 5.57 Å². The number of rotatable bonds is 2. The molecule has 0 aromatic rings. The maximum Gasteiger partial charge on any atom is 0.0646 e. The third-order valence-electron chi connectivity index (χ3n) is 0.658. The molecule has 0 N–H and O–H groups in total. The normalized spacial score (nSPS) is 7.38. The second-order valence-corrected chi connectivity index (χ2v) is 1.74. The summed E-state index contributed by atoms with van der Waals surface area (Å²) in [5.74, 6) is 0. The van der Waals surface area contributed by atoms with Crippen LogP contribution >= 0.6 is 0 Å². The molecule has 0 aliphatic rings. The fraction of sp³-hybridized carbons (Fsp3) is 0.714. The van der Waals surface area contributed by atoms with Gasteiger partial charge in [-0.15, -0.1) is 0 Å². The summed E-state index contributed by atoms with van der Waals surface area (Å²) in [4.78, 5) is 0. The Morgan fingerprint density at radius 3 is 2.12 bits per heavy atom. The summed E-state index contributed by atoms with van der Waals surface area (Å²) in [5, 5.41) is 0. The van der Waals surface area contributed by atoms with Crippen LogP contribution in [-0.2, 0) is 4.74 Å². The van der Waals surface area contributed by atoms with Crippen molar-refractivity contribution in [3.05, 3.63) is 11.6 Å². The van der Waals surface area contributed by atoms with Crippen LogP contribution in [0, 0.1) is 0 Å². The van der Waals surface area contributed by atoms with Crippen molar-refractivity contribution in [2.24, 2.45) is 0 Å². The van der Waals surface area contributed by atoms with E-state index in [0.29, 0.717) is 0 Å². The molecule has 0 fully saturated rings. The summed E-state index contributed by atoms with van der Waals surface area (Å²) in [6.07, 6.45) is 2.04. The highest BCUT2D eigenvalue weighted by Gasteiger charge is 1.72. The molecular formula is C7H16O. The Bertz CT molecular complexity index is 60.8. The van der Waals surface area contributed by atoms with Crippen LogP contribution in [-0.4, -0.2) is 13.7 Å². The molecule has 1 nitrogen and oxygen atoms in total. The standard InChI is InChI=1S/C6H12O.CH4/c1-6(2)4-5-7-3;/h4H,5H2,1-3H3;1H4. The van der Waals surface area contributed by atoms with Gasteiger partial charge in [-0.2, -0.15) is 0 Å². The van der Waals surface area contributed by atoms with Crippen molar-refractivity contribution in [2.45, 2.75) is 21.3 Å². The predicted molar refractivity (Wildman–Crippen MR) is 38.0 cm³/mol. The molecule has 0 atom stereocenters. The Labute approximate surface area is 52.4 Å². The topological polar surface area (TPSA) is 9.23 Å². The van der Waals surface area contributed by atoms with Gasteiger partial charge in [0.1, 0.15) is 0 Å². The highest BCUT2D eigenvalue weighted by molar-refractivity contribution is 4.92. The molecule has 0 aliphatic carbocycles. The van der Waals surface area contributed by atoms with Gasteiger partial charge in [-0.05, 0) is 13.8 Å². The second kappa shape index (κ2) is 6.70. The summed E-state index contributed by atoms with van der Waals surface area (Å²) in [6, 6.07) is 0. The van der Waals surface area contributed by atoms with Gasteiger partial charge in [-0.3, -0.25) is 0 Å². The highest BCUT2D eigenvalue weighted by Crippen LogP contribution is 1.85. The smallest absolute Gasteiger partial charge is 0.0646 e.